The molecule has 0 saturated carbocycles. The van der Waals surface area contributed by atoms with E-state index in [0.717, 1.165) is 5.56 Å². The molecule has 3 amide bonds. The van der Waals surface area contributed by atoms with Crippen LogP contribution in [0.25, 0.3) is 0 Å². The Morgan fingerprint density at radius 2 is 1.84 bits per heavy atom. The molecule has 0 fully saturated rings. The number of hydrogen-bond donors (Lipinski definition) is 3. The molecule has 0 aliphatic carbocycles. The predicted octanol–water partition coefficient (Wildman–Crippen LogP) is 0.578. The lowest BCUT2D eigenvalue weighted by molar-refractivity contribution is 0.0954. The molecule has 0 spiro atoms. The minimum absolute atomic E-state index is 0.190. The van der Waals surface area contributed by atoms with Crippen molar-refractivity contribution in [1.29, 1.82) is 0 Å². The standard InChI is InChI=1S/C13H20N4O2/c1-9-4-5-11(14)10(8-9)12(18)15-6-7-16-13(19)17(2)3/h4-5,8H,6-7,14H2,1-3H3,(H,15,18)(H,16,19). The first-order valence-electron chi connectivity index (χ1n) is 6.01. The fraction of sp³-hybridized carbons (Fsp3) is 0.385. The Morgan fingerprint density at radius 3 is 2.47 bits per heavy atom. The third-order valence-corrected chi connectivity index (χ3v) is 2.55. The summed E-state index contributed by atoms with van der Waals surface area (Å²) in [5.41, 5.74) is 7.62. The summed E-state index contributed by atoms with van der Waals surface area (Å²) in [5.74, 6) is -0.236. The number of aryl methyl sites for hydroxylation is 1. The second kappa shape index (κ2) is 6.63. The summed E-state index contributed by atoms with van der Waals surface area (Å²) in [4.78, 5) is 24.6. The quantitative estimate of drug-likeness (QED) is 0.549. The van der Waals surface area contributed by atoms with Gasteiger partial charge in [-0.15, -0.1) is 0 Å². The summed E-state index contributed by atoms with van der Waals surface area (Å²) in [5, 5.41) is 5.37. The highest BCUT2D eigenvalue weighted by Gasteiger charge is 2.09. The number of nitrogens with two attached hydrogens (primary N) is 1. The van der Waals surface area contributed by atoms with Crippen LogP contribution in [0.1, 0.15) is 15.9 Å². The fourth-order valence-electron chi connectivity index (χ4n) is 1.47. The zero-order valence-electron chi connectivity index (χ0n) is 11.5. The average Bonchev–Trinajstić information content (AvgIpc) is 2.36. The number of nitrogens with zero attached hydrogens (tertiary/aromatic N) is 1. The van der Waals surface area contributed by atoms with Crippen LogP contribution in [0.2, 0.25) is 0 Å². The molecule has 0 aliphatic rings. The fourth-order valence-corrected chi connectivity index (χ4v) is 1.47. The minimum Gasteiger partial charge on any atom is -0.398 e. The number of nitrogen functional groups attached to an aromatic ring is 1. The zero-order chi connectivity index (χ0) is 14.4. The Morgan fingerprint density at radius 1 is 1.21 bits per heavy atom. The van der Waals surface area contributed by atoms with Gasteiger partial charge in [-0.2, -0.15) is 0 Å². The van der Waals surface area contributed by atoms with Crippen LogP contribution in [0.5, 0.6) is 0 Å². The van der Waals surface area contributed by atoms with Gasteiger partial charge in [-0.05, 0) is 19.1 Å². The first-order valence-corrected chi connectivity index (χ1v) is 6.01. The maximum atomic E-state index is 11.9. The topological polar surface area (TPSA) is 87.5 Å². The van der Waals surface area contributed by atoms with Crippen molar-refractivity contribution in [3.05, 3.63) is 29.3 Å². The van der Waals surface area contributed by atoms with E-state index in [0.29, 0.717) is 24.3 Å². The number of urea groups is 1. The summed E-state index contributed by atoms with van der Waals surface area (Å²) < 4.78 is 0. The van der Waals surface area contributed by atoms with Gasteiger partial charge in [-0.25, -0.2) is 4.79 Å². The highest BCUT2D eigenvalue weighted by molar-refractivity contribution is 5.99. The Hall–Kier alpha value is -2.24. The van der Waals surface area contributed by atoms with Crippen LogP contribution in [0, 0.1) is 6.92 Å². The van der Waals surface area contributed by atoms with Crippen LogP contribution in [0.3, 0.4) is 0 Å². The van der Waals surface area contributed by atoms with Crippen molar-refractivity contribution < 1.29 is 9.59 Å². The molecule has 1 aromatic rings. The van der Waals surface area contributed by atoms with Crippen LogP contribution in [0.15, 0.2) is 18.2 Å². The maximum Gasteiger partial charge on any atom is 0.316 e. The van der Waals surface area contributed by atoms with E-state index >= 15 is 0 Å². The van der Waals surface area contributed by atoms with E-state index in [1.807, 2.05) is 13.0 Å². The summed E-state index contributed by atoms with van der Waals surface area (Å²) in [6.07, 6.45) is 0. The number of carbonyl (C=O) groups is 2. The Balaban J connectivity index is 2.44. The molecule has 0 heterocycles. The molecule has 19 heavy (non-hydrogen) atoms. The molecule has 4 N–H and O–H groups in total. The molecule has 1 aromatic carbocycles. The predicted molar refractivity (Wildman–Crippen MR) is 75.0 cm³/mol. The summed E-state index contributed by atoms with van der Waals surface area (Å²) >= 11 is 0. The first kappa shape index (κ1) is 14.8. The zero-order valence-corrected chi connectivity index (χ0v) is 11.5. The largest absolute Gasteiger partial charge is 0.398 e. The lowest BCUT2D eigenvalue weighted by Gasteiger charge is -2.12. The molecule has 0 bridgehead atoms. The van der Waals surface area contributed by atoms with Gasteiger partial charge in [0.1, 0.15) is 0 Å². The van der Waals surface area contributed by atoms with E-state index in [2.05, 4.69) is 10.6 Å². The molecule has 0 atom stereocenters. The molecule has 6 heteroatoms. The van der Waals surface area contributed by atoms with Gasteiger partial charge in [0.05, 0.1) is 5.56 Å². The number of hydrogen-bond acceptors (Lipinski definition) is 3. The number of anilines is 1. The molecular weight excluding hydrogens is 244 g/mol. The van der Waals surface area contributed by atoms with Gasteiger partial charge in [0.15, 0.2) is 0 Å². The molecular formula is C13H20N4O2. The second-order valence-corrected chi connectivity index (χ2v) is 4.47. The number of amides is 3. The number of nitrogens with one attached hydrogen (secondary N) is 2. The summed E-state index contributed by atoms with van der Waals surface area (Å²) in [6, 6.07) is 5.11. The van der Waals surface area contributed by atoms with Crippen LogP contribution < -0.4 is 16.4 Å². The van der Waals surface area contributed by atoms with Crippen molar-refractivity contribution in [1.82, 2.24) is 15.5 Å². The van der Waals surface area contributed by atoms with E-state index in [9.17, 15) is 9.59 Å². The summed E-state index contributed by atoms with van der Waals surface area (Å²) in [6.45, 7) is 2.62. The van der Waals surface area contributed by atoms with E-state index in [1.165, 1.54) is 4.90 Å². The molecule has 0 aliphatic heterocycles. The van der Waals surface area contributed by atoms with Crippen molar-refractivity contribution in [2.45, 2.75) is 6.92 Å². The molecule has 0 aromatic heterocycles. The molecule has 0 radical (unpaired) electrons. The highest BCUT2D eigenvalue weighted by Crippen LogP contribution is 2.13. The number of rotatable bonds is 4. The van der Waals surface area contributed by atoms with E-state index < -0.39 is 0 Å². The van der Waals surface area contributed by atoms with Crippen LogP contribution >= 0.6 is 0 Å². The van der Waals surface area contributed by atoms with E-state index in [4.69, 9.17) is 5.73 Å². The smallest absolute Gasteiger partial charge is 0.316 e. The monoisotopic (exact) mass is 264 g/mol. The van der Waals surface area contributed by atoms with Gasteiger partial charge in [0.25, 0.3) is 5.91 Å². The van der Waals surface area contributed by atoms with Crippen LogP contribution in [0.4, 0.5) is 10.5 Å². The van der Waals surface area contributed by atoms with Gasteiger partial charge in [0, 0.05) is 32.9 Å². The van der Waals surface area contributed by atoms with Crippen LogP contribution in [-0.4, -0.2) is 44.0 Å². The molecule has 6 nitrogen and oxygen atoms in total. The minimum atomic E-state index is -0.236. The van der Waals surface area contributed by atoms with Crippen molar-refractivity contribution in [2.75, 3.05) is 32.9 Å². The van der Waals surface area contributed by atoms with Crippen molar-refractivity contribution >= 4 is 17.6 Å². The van der Waals surface area contributed by atoms with Crippen molar-refractivity contribution in [2.24, 2.45) is 0 Å². The van der Waals surface area contributed by atoms with Gasteiger partial charge in [-0.3, -0.25) is 4.79 Å². The lowest BCUT2D eigenvalue weighted by Crippen LogP contribution is -2.39. The van der Waals surface area contributed by atoms with Crippen molar-refractivity contribution in [3.8, 4) is 0 Å². The van der Waals surface area contributed by atoms with Gasteiger partial charge in [0.2, 0.25) is 0 Å². The number of benzene rings is 1. The summed E-state index contributed by atoms with van der Waals surface area (Å²) in [7, 11) is 3.31. The first-order chi connectivity index (χ1) is 8.91. The van der Waals surface area contributed by atoms with Gasteiger partial charge < -0.3 is 21.3 Å². The molecule has 1 rings (SSSR count). The van der Waals surface area contributed by atoms with E-state index in [1.54, 1.807) is 26.2 Å². The third-order valence-electron chi connectivity index (χ3n) is 2.55. The van der Waals surface area contributed by atoms with Crippen molar-refractivity contribution in [3.63, 3.8) is 0 Å². The van der Waals surface area contributed by atoms with E-state index in [-0.39, 0.29) is 11.9 Å². The number of carbonyl (C=O) groups excluding carboxylic acids is 2. The molecule has 0 saturated heterocycles. The Bertz CT molecular complexity index is 472. The maximum absolute atomic E-state index is 11.9. The third kappa shape index (κ3) is 4.50. The lowest BCUT2D eigenvalue weighted by atomic mass is 10.1. The molecule has 104 valence electrons. The average molecular weight is 264 g/mol. The molecule has 0 unspecified atom stereocenters. The normalized spacial score (nSPS) is 9.84. The Kier molecular flexibility index (Phi) is 5.17. The van der Waals surface area contributed by atoms with Crippen LogP contribution in [-0.2, 0) is 0 Å². The highest BCUT2D eigenvalue weighted by atomic mass is 16.2. The Labute approximate surface area is 113 Å². The van der Waals surface area contributed by atoms with Gasteiger partial charge in [-0.1, -0.05) is 11.6 Å². The van der Waals surface area contributed by atoms with Gasteiger partial charge >= 0.3 is 6.03 Å². The SMILES string of the molecule is Cc1ccc(N)c(C(=O)NCCNC(=O)N(C)C)c1. The second-order valence-electron chi connectivity index (χ2n) is 4.47.